The maximum absolute atomic E-state index is 11.2. The van der Waals surface area contributed by atoms with E-state index in [2.05, 4.69) is 4.74 Å². The molecule has 0 spiro atoms. The van der Waals surface area contributed by atoms with E-state index in [9.17, 15) is 14.4 Å². The van der Waals surface area contributed by atoms with Gasteiger partial charge in [0.25, 0.3) is 0 Å². The molecule has 4 N–H and O–H groups in total. The smallest absolute Gasteiger partial charge is 0.324 e. The first-order chi connectivity index (χ1) is 6.58. The van der Waals surface area contributed by atoms with E-state index in [0.717, 1.165) is 0 Å². The molecule has 0 aliphatic carbocycles. The van der Waals surface area contributed by atoms with E-state index in [1.165, 1.54) is 0 Å². The molecule has 0 bridgehead atoms. The van der Waals surface area contributed by atoms with Crippen molar-refractivity contribution in [2.75, 3.05) is 19.7 Å². The van der Waals surface area contributed by atoms with Crippen LogP contribution in [0.15, 0.2) is 0 Å². The van der Waals surface area contributed by atoms with Gasteiger partial charge in [-0.25, -0.2) is 0 Å². The van der Waals surface area contributed by atoms with Crippen molar-refractivity contribution in [3.63, 3.8) is 0 Å². The van der Waals surface area contributed by atoms with Gasteiger partial charge in [-0.15, -0.1) is 0 Å². The zero-order valence-electron chi connectivity index (χ0n) is 7.99. The Balaban J connectivity index is 4.63. The predicted octanol–water partition coefficient (Wildman–Crippen LogP) is -1.78. The minimum absolute atomic E-state index is 0.102. The molecule has 80 valence electrons. The highest BCUT2D eigenvalue weighted by Gasteiger charge is 2.32. The Morgan fingerprint density at radius 1 is 1.14 bits per heavy atom. The molecule has 0 aromatic rings. The van der Waals surface area contributed by atoms with Crippen molar-refractivity contribution in [3.8, 4) is 0 Å². The average molecular weight is 202 g/mol. The summed E-state index contributed by atoms with van der Waals surface area (Å²) in [6.45, 7) is 0.921. The van der Waals surface area contributed by atoms with E-state index in [0.29, 0.717) is 0 Å². The first kappa shape index (κ1) is 12.7. The second-order valence-corrected chi connectivity index (χ2v) is 2.53. The lowest BCUT2D eigenvalue weighted by molar-refractivity contribution is -0.154. The minimum Gasteiger partial charge on any atom is -0.465 e. The molecule has 6 heteroatoms. The number of carbonyl (C=O) groups is 3. The zero-order chi connectivity index (χ0) is 11.1. The molecule has 0 aliphatic heterocycles. The van der Waals surface area contributed by atoms with Gasteiger partial charge >= 0.3 is 5.97 Å². The van der Waals surface area contributed by atoms with Crippen molar-refractivity contribution in [2.45, 2.75) is 6.92 Å². The van der Waals surface area contributed by atoms with Crippen molar-refractivity contribution in [1.29, 1.82) is 0 Å². The standard InChI is InChI=1S/C8H14N2O4/c1-2-14-8(13)7(5(11)3-9)6(12)4-10/h7H,2-4,9-10H2,1H3. The summed E-state index contributed by atoms with van der Waals surface area (Å²) in [6.07, 6.45) is 0. The van der Waals surface area contributed by atoms with Crippen LogP contribution in [0.1, 0.15) is 6.92 Å². The van der Waals surface area contributed by atoms with Gasteiger partial charge in [0.1, 0.15) is 0 Å². The lowest BCUT2D eigenvalue weighted by Gasteiger charge is -2.10. The number of hydrogen-bond acceptors (Lipinski definition) is 6. The molecule has 0 atom stereocenters. The second-order valence-electron chi connectivity index (χ2n) is 2.53. The van der Waals surface area contributed by atoms with E-state index in [1.54, 1.807) is 6.92 Å². The fourth-order valence-corrected chi connectivity index (χ4v) is 0.904. The van der Waals surface area contributed by atoms with Gasteiger partial charge < -0.3 is 16.2 Å². The lowest BCUT2D eigenvalue weighted by Crippen LogP contribution is -2.40. The first-order valence-corrected chi connectivity index (χ1v) is 4.20. The molecule has 0 radical (unpaired) electrons. The van der Waals surface area contributed by atoms with Crippen molar-refractivity contribution in [1.82, 2.24) is 0 Å². The number of rotatable bonds is 6. The number of Topliss-reactive ketones (excluding diaryl/α,β-unsaturated/α-hetero) is 2. The normalized spacial score (nSPS) is 10.0. The summed E-state index contributed by atoms with van der Waals surface area (Å²) >= 11 is 0. The molecule has 0 rings (SSSR count). The average Bonchev–Trinajstić information content (AvgIpc) is 2.17. The molecule has 14 heavy (non-hydrogen) atoms. The number of nitrogens with two attached hydrogens (primary N) is 2. The van der Waals surface area contributed by atoms with Crippen LogP contribution in [0.4, 0.5) is 0 Å². The van der Waals surface area contributed by atoms with Gasteiger partial charge in [-0.2, -0.15) is 0 Å². The second kappa shape index (κ2) is 6.22. The van der Waals surface area contributed by atoms with Crippen molar-refractivity contribution in [2.24, 2.45) is 17.4 Å². The number of carbonyl (C=O) groups excluding carboxylic acids is 3. The summed E-state index contributed by atoms with van der Waals surface area (Å²) in [5.41, 5.74) is 10.1. The number of ketones is 2. The summed E-state index contributed by atoms with van der Waals surface area (Å²) in [5, 5.41) is 0. The van der Waals surface area contributed by atoms with Crippen LogP contribution in [-0.4, -0.2) is 37.2 Å². The Hall–Kier alpha value is -1.27. The highest BCUT2D eigenvalue weighted by molar-refractivity contribution is 6.18. The third-order valence-corrected chi connectivity index (χ3v) is 1.57. The molecule has 0 heterocycles. The molecule has 0 unspecified atom stereocenters. The Kier molecular flexibility index (Phi) is 5.66. The van der Waals surface area contributed by atoms with Gasteiger partial charge in [0.2, 0.25) is 0 Å². The number of ether oxygens (including phenoxy) is 1. The maximum atomic E-state index is 11.2. The van der Waals surface area contributed by atoms with Gasteiger partial charge in [0, 0.05) is 0 Å². The quantitative estimate of drug-likeness (QED) is 0.389. The van der Waals surface area contributed by atoms with E-state index in [4.69, 9.17) is 11.5 Å². The minimum atomic E-state index is -1.45. The molecule has 0 aromatic carbocycles. The SMILES string of the molecule is CCOC(=O)C(C(=O)CN)C(=O)CN. The lowest BCUT2D eigenvalue weighted by atomic mass is 9.99. The maximum Gasteiger partial charge on any atom is 0.324 e. The summed E-state index contributed by atoms with van der Waals surface area (Å²) in [6, 6.07) is 0. The van der Waals surface area contributed by atoms with Crippen molar-refractivity contribution >= 4 is 17.5 Å². The van der Waals surface area contributed by atoms with Crippen LogP contribution in [0.3, 0.4) is 0 Å². The van der Waals surface area contributed by atoms with E-state index >= 15 is 0 Å². The van der Waals surface area contributed by atoms with Gasteiger partial charge in [0.15, 0.2) is 17.5 Å². The van der Waals surface area contributed by atoms with Crippen LogP contribution >= 0.6 is 0 Å². The van der Waals surface area contributed by atoms with Crippen LogP contribution in [0.5, 0.6) is 0 Å². The van der Waals surface area contributed by atoms with Gasteiger partial charge in [-0.05, 0) is 6.92 Å². The molecule has 0 fully saturated rings. The topological polar surface area (TPSA) is 112 Å². The molecular formula is C8H14N2O4. The summed E-state index contributed by atoms with van der Waals surface area (Å²) in [7, 11) is 0. The monoisotopic (exact) mass is 202 g/mol. The Bertz CT molecular complexity index is 223. The first-order valence-electron chi connectivity index (χ1n) is 4.20. The summed E-state index contributed by atoms with van der Waals surface area (Å²) in [5.74, 6) is -3.67. The molecule has 0 saturated carbocycles. The Morgan fingerprint density at radius 2 is 1.57 bits per heavy atom. The molecule has 0 saturated heterocycles. The Morgan fingerprint density at radius 3 is 1.86 bits per heavy atom. The highest BCUT2D eigenvalue weighted by atomic mass is 16.5. The van der Waals surface area contributed by atoms with Crippen molar-refractivity contribution < 1.29 is 19.1 Å². The predicted molar refractivity (Wildman–Crippen MR) is 48.2 cm³/mol. The fourth-order valence-electron chi connectivity index (χ4n) is 0.904. The molecule has 0 amide bonds. The third-order valence-electron chi connectivity index (χ3n) is 1.57. The summed E-state index contributed by atoms with van der Waals surface area (Å²) < 4.78 is 4.56. The molecule has 0 aromatic heterocycles. The van der Waals surface area contributed by atoms with Crippen LogP contribution < -0.4 is 11.5 Å². The van der Waals surface area contributed by atoms with E-state index in [1.807, 2.05) is 0 Å². The molecular weight excluding hydrogens is 188 g/mol. The van der Waals surface area contributed by atoms with Crippen LogP contribution in [0.2, 0.25) is 0 Å². The number of esters is 1. The zero-order valence-corrected chi connectivity index (χ0v) is 7.99. The summed E-state index contributed by atoms with van der Waals surface area (Å²) in [4.78, 5) is 33.4. The van der Waals surface area contributed by atoms with Crippen LogP contribution in [0.25, 0.3) is 0 Å². The van der Waals surface area contributed by atoms with Crippen LogP contribution in [0, 0.1) is 5.92 Å². The van der Waals surface area contributed by atoms with Crippen molar-refractivity contribution in [3.05, 3.63) is 0 Å². The molecule has 6 nitrogen and oxygen atoms in total. The van der Waals surface area contributed by atoms with Crippen LogP contribution in [-0.2, 0) is 19.1 Å². The highest BCUT2D eigenvalue weighted by Crippen LogP contribution is 2.02. The molecule has 0 aliphatic rings. The van der Waals surface area contributed by atoms with E-state index < -0.39 is 23.5 Å². The largest absolute Gasteiger partial charge is 0.465 e. The van der Waals surface area contributed by atoms with Gasteiger partial charge in [-0.1, -0.05) is 0 Å². The fraction of sp³-hybridized carbons (Fsp3) is 0.625. The number of hydrogen-bond donors (Lipinski definition) is 2. The van der Waals surface area contributed by atoms with E-state index in [-0.39, 0.29) is 19.7 Å². The van der Waals surface area contributed by atoms with Gasteiger partial charge in [-0.3, -0.25) is 14.4 Å². The van der Waals surface area contributed by atoms with Gasteiger partial charge in [0.05, 0.1) is 19.7 Å². The Labute approximate surface area is 81.6 Å². The third kappa shape index (κ3) is 3.23.